The lowest BCUT2D eigenvalue weighted by molar-refractivity contribution is -0.131. The topological polar surface area (TPSA) is 77.1 Å². The number of likely N-dealkylation sites (tertiary alicyclic amines) is 1. The van der Waals surface area contributed by atoms with Crippen molar-refractivity contribution in [2.45, 2.75) is 45.6 Å². The fraction of sp³-hybridized carbons (Fsp3) is 0.636. The van der Waals surface area contributed by atoms with Gasteiger partial charge in [-0.25, -0.2) is 0 Å². The molecule has 7 nitrogen and oxygen atoms in total. The van der Waals surface area contributed by atoms with Crippen LogP contribution >= 0.6 is 0 Å². The van der Waals surface area contributed by atoms with E-state index in [2.05, 4.69) is 19.2 Å². The number of benzene rings is 1. The van der Waals surface area contributed by atoms with Gasteiger partial charge in [-0.3, -0.25) is 9.59 Å². The van der Waals surface area contributed by atoms with Crippen molar-refractivity contribution in [3.05, 3.63) is 12.1 Å². The van der Waals surface area contributed by atoms with E-state index in [0.29, 0.717) is 41.3 Å². The van der Waals surface area contributed by atoms with Crippen LogP contribution in [0.1, 0.15) is 39.5 Å². The Morgan fingerprint density at radius 1 is 1.07 bits per heavy atom. The van der Waals surface area contributed by atoms with E-state index in [1.54, 1.807) is 12.1 Å². The summed E-state index contributed by atoms with van der Waals surface area (Å²) in [6.45, 7) is 4.97. The number of hydrogen-bond acceptors (Lipinski definition) is 5. The van der Waals surface area contributed by atoms with Crippen molar-refractivity contribution in [2.24, 2.45) is 17.8 Å². The molecule has 1 N–H and O–H groups in total. The Hall–Kier alpha value is -2.44. The van der Waals surface area contributed by atoms with Crippen LogP contribution in [0.4, 0.5) is 5.69 Å². The smallest absolute Gasteiger partial charge is 0.229 e. The Kier molecular flexibility index (Phi) is 6.55. The molecular weight excluding hydrogens is 372 g/mol. The Morgan fingerprint density at radius 2 is 1.72 bits per heavy atom. The van der Waals surface area contributed by atoms with E-state index in [1.165, 1.54) is 27.8 Å². The quantitative estimate of drug-likeness (QED) is 0.787. The molecule has 29 heavy (non-hydrogen) atoms. The summed E-state index contributed by atoms with van der Waals surface area (Å²) in [5.41, 5.74) is 0.551. The number of methoxy groups -OCH3 is 3. The molecule has 1 heterocycles. The summed E-state index contributed by atoms with van der Waals surface area (Å²) in [4.78, 5) is 27.5. The predicted molar refractivity (Wildman–Crippen MR) is 111 cm³/mol. The highest BCUT2D eigenvalue weighted by molar-refractivity contribution is 5.97. The highest BCUT2D eigenvalue weighted by atomic mass is 16.5. The van der Waals surface area contributed by atoms with Crippen LogP contribution in [0.3, 0.4) is 0 Å². The Balaban J connectivity index is 1.71. The molecule has 1 aliphatic carbocycles. The summed E-state index contributed by atoms with van der Waals surface area (Å²) in [6, 6.07) is 3.63. The average Bonchev–Trinajstić information content (AvgIpc) is 3.10. The second kappa shape index (κ2) is 8.93. The molecule has 1 aliphatic heterocycles. The first kappa shape index (κ1) is 21.3. The van der Waals surface area contributed by atoms with Gasteiger partial charge in [-0.2, -0.15) is 0 Å². The Bertz CT molecular complexity index is 741. The molecule has 2 amide bonds. The van der Waals surface area contributed by atoms with E-state index in [4.69, 9.17) is 14.2 Å². The molecular formula is C22H32N2O5. The zero-order valence-corrected chi connectivity index (χ0v) is 18.0. The summed E-state index contributed by atoms with van der Waals surface area (Å²) in [6.07, 6.45) is 3.64. The SMILES string of the molecule is COc1cc(NC(=O)[C@@H]2CC(=O)N([C@@H]3CCC[C@@H](C)[C@@H]3C)C2)cc(OC)c1OC. The lowest BCUT2D eigenvalue weighted by Crippen LogP contribution is -2.45. The number of carbonyl (C=O) groups is 2. The van der Waals surface area contributed by atoms with E-state index >= 15 is 0 Å². The summed E-state index contributed by atoms with van der Waals surface area (Å²) < 4.78 is 16.0. The van der Waals surface area contributed by atoms with Gasteiger partial charge in [-0.15, -0.1) is 0 Å². The molecule has 0 radical (unpaired) electrons. The number of anilines is 1. The van der Waals surface area contributed by atoms with Gasteiger partial charge in [0, 0.05) is 36.8 Å². The number of ether oxygens (including phenoxy) is 3. The van der Waals surface area contributed by atoms with Crippen molar-refractivity contribution in [1.29, 1.82) is 0 Å². The third-order valence-electron chi connectivity index (χ3n) is 6.53. The molecule has 2 fully saturated rings. The molecule has 3 rings (SSSR count). The molecule has 1 saturated carbocycles. The Morgan fingerprint density at radius 3 is 2.31 bits per heavy atom. The normalized spacial score (nSPS) is 26.9. The highest BCUT2D eigenvalue weighted by Gasteiger charge is 2.41. The van der Waals surface area contributed by atoms with Gasteiger partial charge in [0.2, 0.25) is 17.6 Å². The van der Waals surface area contributed by atoms with Gasteiger partial charge >= 0.3 is 0 Å². The van der Waals surface area contributed by atoms with Crippen molar-refractivity contribution in [3.63, 3.8) is 0 Å². The molecule has 0 aromatic heterocycles. The second-order valence-corrected chi connectivity index (χ2v) is 8.19. The van der Waals surface area contributed by atoms with E-state index in [0.717, 1.165) is 12.8 Å². The molecule has 4 atom stereocenters. The fourth-order valence-electron chi connectivity index (χ4n) is 4.62. The summed E-state index contributed by atoms with van der Waals surface area (Å²) >= 11 is 0. The minimum absolute atomic E-state index is 0.0843. The van der Waals surface area contributed by atoms with Gasteiger partial charge in [0.1, 0.15) is 0 Å². The van der Waals surface area contributed by atoms with E-state index in [9.17, 15) is 9.59 Å². The van der Waals surface area contributed by atoms with Crippen LogP contribution in [-0.4, -0.2) is 50.6 Å². The maximum atomic E-state index is 12.9. The third-order valence-corrected chi connectivity index (χ3v) is 6.53. The van der Waals surface area contributed by atoms with Crippen molar-refractivity contribution in [1.82, 2.24) is 4.90 Å². The van der Waals surface area contributed by atoms with Crippen molar-refractivity contribution < 1.29 is 23.8 Å². The Labute approximate surface area is 172 Å². The van der Waals surface area contributed by atoms with Crippen LogP contribution < -0.4 is 19.5 Å². The molecule has 1 aromatic rings. The average molecular weight is 405 g/mol. The molecule has 0 spiro atoms. The van der Waals surface area contributed by atoms with Crippen LogP contribution in [0.2, 0.25) is 0 Å². The predicted octanol–water partition coefficient (Wildman–Crippen LogP) is 3.32. The van der Waals surface area contributed by atoms with Crippen LogP contribution in [-0.2, 0) is 9.59 Å². The van der Waals surface area contributed by atoms with Crippen LogP contribution in [0, 0.1) is 17.8 Å². The molecule has 1 saturated heterocycles. The second-order valence-electron chi connectivity index (χ2n) is 8.19. The summed E-state index contributed by atoms with van der Waals surface area (Å²) in [5, 5.41) is 2.92. The van der Waals surface area contributed by atoms with Crippen molar-refractivity contribution >= 4 is 17.5 Å². The number of rotatable bonds is 6. The lowest BCUT2D eigenvalue weighted by Gasteiger charge is -2.40. The van der Waals surface area contributed by atoms with Crippen molar-refractivity contribution in [3.8, 4) is 17.2 Å². The monoisotopic (exact) mass is 404 g/mol. The van der Waals surface area contributed by atoms with Gasteiger partial charge in [-0.05, 0) is 18.3 Å². The molecule has 0 bridgehead atoms. The zero-order valence-electron chi connectivity index (χ0n) is 18.0. The third kappa shape index (κ3) is 4.28. The summed E-state index contributed by atoms with van der Waals surface area (Å²) in [5.74, 6) is 2.04. The molecule has 160 valence electrons. The van der Waals surface area contributed by atoms with E-state index in [-0.39, 0.29) is 30.2 Å². The number of hydrogen-bond donors (Lipinski definition) is 1. The lowest BCUT2D eigenvalue weighted by atomic mass is 9.77. The maximum absolute atomic E-state index is 12.9. The van der Waals surface area contributed by atoms with E-state index in [1.807, 2.05) is 4.90 Å². The first-order valence-electron chi connectivity index (χ1n) is 10.3. The van der Waals surface area contributed by atoms with Crippen LogP contribution in [0.25, 0.3) is 0 Å². The van der Waals surface area contributed by atoms with Crippen molar-refractivity contribution in [2.75, 3.05) is 33.2 Å². The number of carbonyl (C=O) groups excluding carboxylic acids is 2. The number of amides is 2. The molecule has 1 aromatic carbocycles. The van der Waals surface area contributed by atoms with Crippen LogP contribution in [0.15, 0.2) is 12.1 Å². The zero-order chi connectivity index (χ0) is 21.1. The van der Waals surface area contributed by atoms with Crippen LogP contribution in [0.5, 0.6) is 17.2 Å². The van der Waals surface area contributed by atoms with Gasteiger partial charge in [0.25, 0.3) is 0 Å². The van der Waals surface area contributed by atoms with E-state index < -0.39 is 0 Å². The highest BCUT2D eigenvalue weighted by Crippen LogP contribution is 2.40. The van der Waals surface area contributed by atoms with Gasteiger partial charge in [0.05, 0.1) is 27.2 Å². The fourth-order valence-corrected chi connectivity index (χ4v) is 4.62. The number of nitrogens with zero attached hydrogens (tertiary/aromatic N) is 1. The first-order chi connectivity index (χ1) is 13.9. The largest absolute Gasteiger partial charge is 0.493 e. The van der Waals surface area contributed by atoms with Gasteiger partial charge < -0.3 is 24.4 Å². The molecule has 7 heteroatoms. The standard InChI is InChI=1S/C22H32N2O5/c1-13-7-6-8-17(14(13)2)24-12-15(9-20(24)25)22(26)23-16-10-18(27-3)21(29-5)19(11-16)28-4/h10-11,13-15,17H,6-9,12H2,1-5H3,(H,23,26)/t13-,14+,15-,17-/m1/s1. The van der Waals surface area contributed by atoms with Gasteiger partial charge in [0.15, 0.2) is 11.5 Å². The molecule has 2 aliphatic rings. The maximum Gasteiger partial charge on any atom is 0.229 e. The molecule has 0 unspecified atom stereocenters. The minimum Gasteiger partial charge on any atom is -0.493 e. The minimum atomic E-state index is -0.356. The van der Waals surface area contributed by atoms with Gasteiger partial charge in [-0.1, -0.05) is 26.7 Å². The first-order valence-corrected chi connectivity index (χ1v) is 10.3. The number of nitrogens with one attached hydrogen (secondary N) is 1. The summed E-state index contributed by atoms with van der Waals surface area (Å²) in [7, 11) is 4.59.